The van der Waals surface area contributed by atoms with Gasteiger partial charge in [0.15, 0.2) is 0 Å². The molecule has 1 aliphatic heterocycles. The Balaban J connectivity index is 2.40. The van der Waals surface area contributed by atoms with E-state index in [1.165, 1.54) is 0 Å². The second-order valence-electron chi connectivity index (χ2n) is 3.85. The Morgan fingerprint density at radius 1 is 1.56 bits per heavy atom. The van der Waals surface area contributed by atoms with E-state index in [0.29, 0.717) is 13.2 Å². The molecular weight excluding hydrogens is 206 g/mol. The third kappa shape index (κ3) is 4.08. The highest BCUT2D eigenvalue weighted by Gasteiger charge is 2.27. The fraction of sp³-hybridized carbons (Fsp3) is 0.909. The monoisotopic (exact) mass is 229 g/mol. The van der Waals surface area contributed by atoms with Crippen LogP contribution >= 0.6 is 0 Å². The molecule has 1 saturated heterocycles. The van der Waals surface area contributed by atoms with Crippen LogP contribution in [0.3, 0.4) is 0 Å². The third-order valence-electron chi connectivity index (χ3n) is 2.73. The van der Waals surface area contributed by atoms with E-state index in [0.717, 1.165) is 32.8 Å². The molecule has 1 unspecified atom stereocenters. The molecule has 0 aromatic rings. The number of carbonyl (C=O) groups is 1. The number of nitrogens with one attached hydrogen (secondary N) is 2. The van der Waals surface area contributed by atoms with Gasteiger partial charge in [0.25, 0.3) is 0 Å². The Labute approximate surface area is 97.5 Å². The van der Waals surface area contributed by atoms with E-state index >= 15 is 0 Å². The van der Waals surface area contributed by atoms with Gasteiger partial charge in [0.2, 0.25) is 5.91 Å². The molecule has 0 bridgehead atoms. The first-order valence-electron chi connectivity index (χ1n) is 6.09. The summed E-state index contributed by atoms with van der Waals surface area (Å²) in [6.07, 6.45) is 0. The quantitative estimate of drug-likeness (QED) is 0.599. The maximum absolute atomic E-state index is 11.8. The zero-order chi connectivity index (χ0) is 11.8. The minimum atomic E-state index is -0.0471. The molecule has 94 valence electrons. The van der Waals surface area contributed by atoms with Crippen molar-refractivity contribution in [2.45, 2.75) is 19.9 Å². The van der Waals surface area contributed by atoms with Gasteiger partial charge in [-0.25, -0.2) is 0 Å². The summed E-state index contributed by atoms with van der Waals surface area (Å²) in [5, 5.41) is 6.13. The summed E-state index contributed by atoms with van der Waals surface area (Å²) in [4.78, 5) is 14.0. The zero-order valence-corrected chi connectivity index (χ0v) is 10.3. The molecule has 5 nitrogen and oxygen atoms in total. The van der Waals surface area contributed by atoms with Crippen LogP contribution in [0.4, 0.5) is 0 Å². The van der Waals surface area contributed by atoms with E-state index in [4.69, 9.17) is 4.74 Å². The predicted molar refractivity (Wildman–Crippen MR) is 63.4 cm³/mol. The number of rotatable bonds is 6. The van der Waals surface area contributed by atoms with Crippen LogP contribution in [0.5, 0.6) is 0 Å². The summed E-state index contributed by atoms with van der Waals surface area (Å²) in [5.41, 5.74) is 0. The van der Waals surface area contributed by atoms with Crippen LogP contribution < -0.4 is 10.6 Å². The number of amides is 1. The fourth-order valence-electron chi connectivity index (χ4n) is 1.89. The molecule has 0 aromatic heterocycles. The smallest absolute Gasteiger partial charge is 0.238 e. The van der Waals surface area contributed by atoms with E-state index in [-0.39, 0.29) is 11.9 Å². The van der Waals surface area contributed by atoms with Gasteiger partial charge in [-0.1, -0.05) is 0 Å². The topological polar surface area (TPSA) is 53.6 Å². The van der Waals surface area contributed by atoms with E-state index < -0.39 is 0 Å². The lowest BCUT2D eigenvalue weighted by Gasteiger charge is -2.34. The molecule has 16 heavy (non-hydrogen) atoms. The van der Waals surface area contributed by atoms with Crippen molar-refractivity contribution in [2.75, 3.05) is 45.9 Å². The van der Waals surface area contributed by atoms with E-state index in [9.17, 15) is 4.79 Å². The van der Waals surface area contributed by atoms with Crippen molar-refractivity contribution in [3.63, 3.8) is 0 Å². The Morgan fingerprint density at radius 2 is 2.38 bits per heavy atom. The van der Waals surface area contributed by atoms with E-state index in [1.54, 1.807) is 0 Å². The van der Waals surface area contributed by atoms with Crippen molar-refractivity contribution in [2.24, 2.45) is 0 Å². The van der Waals surface area contributed by atoms with Gasteiger partial charge < -0.3 is 15.4 Å². The average Bonchev–Trinajstić information content (AvgIpc) is 2.30. The normalized spacial score (nSPS) is 22.0. The first-order chi connectivity index (χ1) is 7.79. The highest BCUT2D eigenvalue weighted by atomic mass is 16.5. The van der Waals surface area contributed by atoms with Gasteiger partial charge in [-0.2, -0.15) is 0 Å². The summed E-state index contributed by atoms with van der Waals surface area (Å²) in [6, 6.07) is -0.0471. The molecule has 0 saturated carbocycles. The number of hydrogen-bond donors (Lipinski definition) is 2. The van der Waals surface area contributed by atoms with Gasteiger partial charge in [-0.15, -0.1) is 0 Å². The van der Waals surface area contributed by atoms with Crippen molar-refractivity contribution >= 4 is 5.91 Å². The molecule has 0 radical (unpaired) electrons. The molecule has 1 fully saturated rings. The maximum atomic E-state index is 11.8. The minimum Gasteiger partial charge on any atom is -0.380 e. The molecule has 1 aliphatic rings. The molecule has 1 heterocycles. The second kappa shape index (κ2) is 7.60. The van der Waals surface area contributed by atoms with Crippen LogP contribution in [0, 0.1) is 0 Å². The lowest BCUT2D eigenvalue weighted by molar-refractivity contribution is -0.127. The van der Waals surface area contributed by atoms with Crippen LogP contribution in [0.15, 0.2) is 0 Å². The standard InChI is InChI=1S/C11H23N3O2/c1-3-13-11(15)10-9-12-5-6-14(10)7-8-16-4-2/h10,12H,3-9H2,1-2H3,(H,13,15). The number of nitrogens with zero attached hydrogens (tertiary/aromatic N) is 1. The largest absolute Gasteiger partial charge is 0.380 e. The molecule has 0 aromatic carbocycles. The summed E-state index contributed by atoms with van der Waals surface area (Å²) in [6.45, 7) is 9.48. The lowest BCUT2D eigenvalue weighted by Crippen LogP contribution is -2.58. The van der Waals surface area contributed by atoms with Crippen LogP contribution in [0.2, 0.25) is 0 Å². The molecule has 0 spiro atoms. The van der Waals surface area contributed by atoms with Crippen molar-refractivity contribution in [1.29, 1.82) is 0 Å². The first-order valence-corrected chi connectivity index (χ1v) is 6.09. The number of piperazine rings is 1. The summed E-state index contributed by atoms with van der Waals surface area (Å²) >= 11 is 0. The van der Waals surface area contributed by atoms with E-state index in [1.807, 2.05) is 13.8 Å². The summed E-state index contributed by atoms with van der Waals surface area (Å²) < 4.78 is 5.33. The fourth-order valence-corrected chi connectivity index (χ4v) is 1.89. The number of carbonyl (C=O) groups excluding carboxylic acids is 1. The Hall–Kier alpha value is -0.650. The van der Waals surface area contributed by atoms with Crippen molar-refractivity contribution in [3.05, 3.63) is 0 Å². The average molecular weight is 229 g/mol. The van der Waals surface area contributed by atoms with Crippen molar-refractivity contribution in [1.82, 2.24) is 15.5 Å². The highest BCUT2D eigenvalue weighted by molar-refractivity contribution is 5.82. The minimum absolute atomic E-state index is 0.0471. The Bertz CT molecular complexity index is 211. The third-order valence-corrected chi connectivity index (χ3v) is 2.73. The molecule has 0 aliphatic carbocycles. The summed E-state index contributed by atoms with van der Waals surface area (Å²) in [7, 11) is 0. The molecule has 1 atom stereocenters. The second-order valence-corrected chi connectivity index (χ2v) is 3.85. The maximum Gasteiger partial charge on any atom is 0.238 e. The number of likely N-dealkylation sites (N-methyl/N-ethyl adjacent to an activating group) is 1. The molecular formula is C11H23N3O2. The number of hydrogen-bond acceptors (Lipinski definition) is 4. The zero-order valence-electron chi connectivity index (χ0n) is 10.3. The van der Waals surface area contributed by atoms with Gasteiger partial charge in [0, 0.05) is 39.3 Å². The predicted octanol–water partition coefficient (Wildman–Crippen LogP) is -0.567. The molecule has 2 N–H and O–H groups in total. The van der Waals surface area contributed by atoms with Crippen LogP contribution in [-0.2, 0) is 9.53 Å². The van der Waals surface area contributed by atoms with Gasteiger partial charge in [-0.05, 0) is 13.8 Å². The molecule has 5 heteroatoms. The molecule has 1 rings (SSSR count). The lowest BCUT2D eigenvalue weighted by atomic mass is 10.2. The Kier molecular flexibility index (Phi) is 6.37. The van der Waals surface area contributed by atoms with Crippen molar-refractivity contribution < 1.29 is 9.53 Å². The summed E-state index contributed by atoms with van der Waals surface area (Å²) in [5.74, 6) is 0.117. The van der Waals surface area contributed by atoms with Gasteiger partial charge in [-0.3, -0.25) is 9.69 Å². The van der Waals surface area contributed by atoms with Crippen molar-refractivity contribution in [3.8, 4) is 0 Å². The highest BCUT2D eigenvalue weighted by Crippen LogP contribution is 2.03. The van der Waals surface area contributed by atoms with E-state index in [2.05, 4.69) is 15.5 Å². The van der Waals surface area contributed by atoms with Gasteiger partial charge in [0.05, 0.1) is 6.61 Å². The van der Waals surface area contributed by atoms with Crippen LogP contribution in [0.25, 0.3) is 0 Å². The Morgan fingerprint density at radius 3 is 3.06 bits per heavy atom. The molecule has 1 amide bonds. The SMILES string of the molecule is CCNC(=O)C1CNCCN1CCOCC. The van der Waals surface area contributed by atoms with Crippen LogP contribution in [0.1, 0.15) is 13.8 Å². The first kappa shape index (κ1) is 13.4. The van der Waals surface area contributed by atoms with Crippen LogP contribution in [-0.4, -0.2) is 62.8 Å². The number of ether oxygens (including phenoxy) is 1. The van der Waals surface area contributed by atoms with Gasteiger partial charge >= 0.3 is 0 Å². The van der Waals surface area contributed by atoms with Gasteiger partial charge in [0.1, 0.15) is 6.04 Å².